The normalized spacial score (nSPS) is 18.8. The quantitative estimate of drug-likeness (QED) is 0.584. The molecule has 1 aliphatic carbocycles. The molecule has 2 nitrogen and oxygen atoms in total. The monoisotopic (exact) mass is 161 g/mol. The summed E-state index contributed by atoms with van der Waals surface area (Å²) in [5.74, 6) is 0.844. The molecule has 62 valence electrons. The van der Waals surface area contributed by atoms with Crippen molar-refractivity contribution in [1.82, 2.24) is 5.16 Å². The molecule has 1 heterocycles. The van der Waals surface area contributed by atoms with Crippen molar-refractivity contribution in [2.45, 2.75) is 13.8 Å². The summed E-state index contributed by atoms with van der Waals surface area (Å²) >= 11 is 0. The first kappa shape index (κ1) is 7.35. The molecule has 2 heteroatoms. The zero-order chi connectivity index (χ0) is 8.60. The molecule has 1 aromatic heterocycles. The summed E-state index contributed by atoms with van der Waals surface area (Å²) in [4.78, 5) is 0. The number of hydrogen-bond donors (Lipinski definition) is 0. The highest BCUT2D eigenvalue weighted by Gasteiger charge is 2.13. The van der Waals surface area contributed by atoms with Gasteiger partial charge in [0, 0.05) is 11.0 Å². The molecule has 0 radical (unpaired) electrons. The van der Waals surface area contributed by atoms with Gasteiger partial charge < -0.3 is 4.52 Å². The van der Waals surface area contributed by atoms with Gasteiger partial charge in [0.15, 0.2) is 5.76 Å². The lowest BCUT2D eigenvalue weighted by atomic mass is 9.93. The Balaban J connectivity index is 2.49. The van der Waals surface area contributed by atoms with Crippen LogP contribution in [0.25, 0.3) is 12.2 Å². The van der Waals surface area contributed by atoms with Gasteiger partial charge in [-0.1, -0.05) is 37.2 Å². The van der Waals surface area contributed by atoms with E-state index < -0.39 is 0 Å². The number of aromatic nitrogens is 1. The van der Waals surface area contributed by atoms with E-state index in [-0.39, 0.29) is 5.41 Å². The van der Waals surface area contributed by atoms with Gasteiger partial charge in [-0.3, -0.25) is 0 Å². The molecule has 1 aromatic rings. The fraction of sp³-hybridized carbons (Fsp3) is 0.300. The second kappa shape index (κ2) is 2.34. The van der Waals surface area contributed by atoms with E-state index in [1.54, 1.807) is 6.20 Å². The minimum Gasteiger partial charge on any atom is -0.356 e. The lowest BCUT2D eigenvalue weighted by molar-refractivity contribution is 0.412. The van der Waals surface area contributed by atoms with Crippen LogP contribution in [0.15, 0.2) is 22.9 Å². The van der Waals surface area contributed by atoms with Gasteiger partial charge in [-0.05, 0) is 6.08 Å². The van der Waals surface area contributed by atoms with Gasteiger partial charge in [-0.2, -0.15) is 0 Å². The Hall–Kier alpha value is -1.31. The van der Waals surface area contributed by atoms with Crippen LogP contribution in [-0.2, 0) is 0 Å². The highest BCUT2D eigenvalue weighted by atomic mass is 16.5. The van der Waals surface area contributed by atoms with E-state index in [9.17, 15) is 0 Å². The van der Waals surface area contributed by atoms with Crippen LogP contribution in [0.1, 0.15) is 25.2 Å². The van der Waals surface area contributed by atoms with Crippen LogP contribution in [-0.4, -0.2) is 5.16 Å². The molecule has 0 unspecified atom stereocenters. The average Bonchev–Trinajstić information content (AvgIpc) is 2.40. The maximum Gasteiger partial charge on any atom is 0.166 e. The van der Waals surface area contributed by atoms with Crippen molar-refractivity contribution in [2.75, 3.05) is 0 Å². The van der Waals surface area contributed by atoms with Crippen LogP contribution in [0.4, 0.5) is 0 Å². The van der Waals surface area contributed by atoms with E-state index in [1.165, 1.54) is 0 Å². The van der Waals surface area contributed by atoms with Gasteiger partial charge in [0.1, 0.15) is 0 Å². The van der Waals surface area contributed by atoms with Gasteiger partial charge in [-0.15, -0.1) is 0 Å². The molecular formula is C10H11NO. The third-order valence-corrected chi connectivity index (χ3v) is 1.98. The SMILES string of the molecule is CC1(C)C=Cc2cnoc2C=C1. The first-order valence-corrected chi connectivity index (χ1v) is 4.00. The molecule has 0 spiro atoms. The lowest BCUT2D eigenvalue weighted by Crippen LogP contribution is -2.00. The van der Waals surface area contributed by atoms with Crippen molar-refractivity contribution in [3.63, 3.8) is 0 Å². The summed E-state index contributed by atoms with van der Waals surface area (Å²) in [5.41, 5.74) is 1.17. The molecule has 1 aliphatic rings. The first-order valence-electron chi connectivity index (χ1n) is 4.00. The summed E-state index contributed by atoms with van der Waals surface area (Å²) in [6, 6.07) is 0. The minimum atomic E-state index is 0.113. The Morgan fingerprint density at radius 2 is 2.00 bits per heavy atom. The van der Waals surface area contributed by atoms with E-state index in [0.29, 0.717) is 0 Å². The van der Waals surface area contributed by atoms with Gasteiger partial charge in [0.05, 0.1) is 6.20 Å². The van der Waals surface area contributed by atoms with Crippen LogP contribution in [0, 0.1) is 5.41 Å². The predicted molar refractivity (Wildman–Crippen MR) is 48.4 cm³/mol. The maximum absolute atomic E-state index is 5.04. The molecule has 0 aromatic carbocycles. The predicted octanol–water partition coefficient (Wildman–Crippen LogP) is 2.74. The molecule has 0 N–H and O–H groups in total. The van der Waals surface area contributed by atoms with Crippen LogP contribution in [0.2, 0.25) is 0 Å². The molecule has 0 aliphatic heterocycles. The summed E-state index contributed by atoms with van der Waals surface area (Å²) in [5, 5.41) is 3.72. The largest absolute Gasteiger partial charge is 0.356 e. The van der Waals surface area contributed by atoms with Crippen LogP contribution in [0.3, 0.4) is 0 Å². The van der Waals surface area contributed by atoms with Crippen molar-refractivity contribution in [1.29, 1.82) is 0 Å². The van der Waals surface area contributed by atoms with Gasteiger partial charge >= 0.3 is 0 Å². The van der Waals surface area contributed by atoms with Crippen molar-refractivity contribution in [2.24, 2.45) is 5.41 Å². The summed E-state index contributed by atoms with van der Waals surface area (Å²) in [6.45, 7) is 4.30. The van der Waals surface area contributed by atoms with Gasteiger partial charge in [0.2, 0.25) is 0 Å². The molecule has 0 amide bonds. The molecule has 0 fully saturated rings. The van der Waals surface area contributed by atoms with E-state index in [0.717, 1.165) is 11.3 Å². The van der Waals surface area contributed by atoms with Crippen molar-refractivity contribution in [3.8, 4) is 0 Å². The first-order chi connectivity index (χ1) is 5.67. The van der Waals surface area contributed by atoms with Crippen molar-refractivity contribution in [3.05, 3.63) is 29.7 Å². The number of nitrogens with zero attached hydrogens (tertiary/aromatic N) is 1. The highest BCUT2D eigenvalue weighted by Crippen LogP contribution is 2.27. The zero-order valence-electron chi connectivity index (χ0n) is 7.24. The van der Waals surface area contributed by atoms with E-state index in [4.69, 9.17) is 4.52 Å². The Labute approximate surface area is 71.6 Å². The maximum atomic E-state index is 5.04. The van der Waals surface area contributed by atoms with Gasteiger partial charge in [-0.25, -0.2) is 0 Å². The highest BCUT2D eigenvalue weighted by molar-refractivity contribution is 5.64. The Bertz CT molecular complexity index is 314. The summed E-state index contributed by atoms with van der Waals surface area (Å²) < 4.78 is 5.04. The molecule has 0 saturated heterocycles. The van der Waals surface area contributed by atoms with Crippen LogP contribution >= 0.6 is 0 Å². The number of rotatable bonds is 0. The Kier molecular flexibility index (Phi) is 1.43. The third-order valence-electron chi connectivity index (χ3n) is 1.98. The smallest absolute Gasteiger partial charge is 0.166 e. The lowest BCUT2D eigenvalue weighted by Gasteiger charge is -2.11. The second-order valence-corrected chi connectivity index (χ2v) is 3.63. The van der Waals surface area contributed by atoms with Crippen molar-refractivity contribution < 1.29 is 4.52 Å². The summed E-state index contributed by atoms with van der Waals surface area (Å²) in [6.07, 6.45) is 10.0. The average molecular weight is 161 g/mol. The van der Waals surface area contributed by atoms with Gasteiger partial charge in [0.25, 0.3) is 0 Å². The molecular weight excluding hydrogens is 150 g/mol. The zero-order valence-corrected chi connectivity index (χ0v) is 7.24. The Morgan fingerprint density at radius 3 is 2.83 bits per heavy atom. The fourth-order valence-corrected chi connectivity index (χ4v) is 1.16. The summed E-state index contributed by atoms with van der Waals surface area (Å²) in [7, 11) is 0. The standard InChI is InChI=1S/C10H11NO/c1-10(2)5-3-8-7-11-12-9(8)4-6-10/h3-7H,1-2H3. The number of hydrogen-bond acceptors (Lipinski definition) is 2. The minimum absolute atomic E-state index is 0.113. The van der Waals surface area contributed by atoms with E-state index >= 15 is 0 Å². The number of allylic oxidation sites excluding steroid dienone is 2. The fourth-order valence-electron chi connectivity index (χ4n) is 1.16. The topological polar surface area (TPSA) is 26.0 Å². The molecule has 12 heavy (non-hydrogen) atoms. The van der Waals surface area contributed by atoms with E-state index in [2.05, 4.69) is 31.2 Å². The third kappa shape index (κ3) is 1.20. The number of fused-ring (bicyclic) bond motifs is 1. The van der Waals surface area contributed by atoms with Crippen LogP contribution < -0.4 is 0 Å². The second-order valence-electron chi connectivity index (χ2n) is 3.63. The molecule has 0 atom stereocenters. The van der Waals surface area contributed by atoms with Crippen LogP contribution in [0.5, 0.6) is 0 Å². The Morgan fingerprint density at radius 1 is 1.25 bits per heavy atom. The molecule has 0 bridgehead atoms. The van der Waals surface area contributed by atoms with Crippen molar-refractivity contribution >= 4 is 12.2 Å². The molecule has 2 rings (SSSR count). The molecule has 0 saturated carbocycles. The van der Waals surface area contributed by atoms with E-state index in [1.807, 2.05) is 12.2 Å².